The van der Waals surface area contributed by atoms with E-state index in [-0.39, 0.29) is 12.1 Å². The van der Waals surface area contributed by atoms with Crippen LogP contribution in [0.5, 0.6) is 0 Å². The monoisotopic (exact) mass is 341 g/mol. The summed E-state index contributed by atoms with van der Waals surface area (Å²) in [6.45, 7) is 4.37. The maximum atomic E-state index is 10.4. The predicted octanol–water partition coefficient (Wildman–Crippen LogP) is 0.125. The topological polar surface area (TPSA) is 102 Å². The minimum atomic E-state index is -1.31. The standard InChI is InChI=1S/C18H31NO5/c1-16-3-10-4-17(2,7-16)9-18(5-10,8-16)19-15-14(23)13(22)12(21)11(6-20)24-15/h10-15,19-23H,3-9H2,1-2H3/t10?,11-,12-,13?,14-,15-,16-,17+,18?/m1/s1. The van der Waals surface area contributed by atoms with Crippen LogP contribution in [-0.2, 0) is 4.74 Å². The van der Waals surface area contributed by atoms with Gasteiger partial charge in [0.1, 0.15) is 30.6 Å². The summed E-state index contributed by atoms with van der Waals surface area (Å²) in [5, 5.41) is 43.3. The number of ether oxygens (including phenoxy) is 1. The van der Waals surface area contributed by atoms with Gasteiger partial charge in [0.2, 0.25) is 0 Å². The van der Waals surface area contributed by atoms with Crippen LogP contribution in [0, 0.1) is 16.7 Å². The van der Waals surface area contributed by atoms with Crippen LogP contribution in [0.3, 0.4) is 0 Å². The molecule has 0 amide bonds. The second-order valence-electron chi connectivity index (χ2n) is 9.80. The van der Waals surface area contributed by atoms with Gasteiger partial charge in [-0.05, 0) is 55.3 Å². The van der Waals surface area contributed by atoms with Crippen LogP contribution >= 0.6 is 0 Å². The van der Waals surface area contributed by atoms with Crippen molar-refractivity contribution in [1.82, 2.24) is 5.32 Å². The quantitative estimate of drug-likeness (QED) is 0.500. The Bertz CT molecular complexity index is 494. The fourth-order valence-electron chi connectivity index (χ4n) is 7.13. The van der Waals surface area contributed by atoms with Gasteiger partial charge in [0.15, 0.2) is 0 Å². The van der Waals surface area contributed by atoms with Gasteiger partial charge in [0.25, 0.3) is 0 Å². The average molecular weight is 341 g/mol. The number of nitrogens with one attached hydrogen (secondary N) is 1. The average Bonchev–Trinajstić information content (AvgIpc) is 2.44. The van der Waals surface area contributed by atoms with Crippen molar-refractivity contribution < 1.29 is 25.2 Å². The highest BCUT2D eigenvalue weighted by Crippen LogP contribution is 2.66. The summed E-state index contributed by atoms with van der Waals surface area (Å²) < 4.78 is 5.71. The highest BCUT2D eigenvalue weighted by molar-refractivity contribution is 5.15. The van der Waals surface area contributed by atoms with Crippen molar-refractivity contribution in [2.24, 2.45) is 16.7 Å². The van der Waals surface area contributed by atoms with Gasteiger partial charge in [-0.2, -0.15) is 0 Å². The second kappa shape index (κ2) is 5.38. The Balaban J connectivity index is 1.56. The lowest BCUT2D eigenvalue weighted by molar-refractivity contribution is -0.249. The van der Waals surface area contributed by atoms with E-state index in [1.54, 1.807) is 0 Å². The van der Waals surface area contributed by atoms with E-state index in [0.717, 1.165) is 19.3 Å². The van der Waals surface area contributed by atoms with Gasteiger partial charge in [-0.25, -0.2) is 0 Å². The minimum Gasteiger partial charge on any atom is -0.394 e. The maximum absolute atomic E-state index is 10.4. The van der Waals surface area contributed by atoms with E-state index in [2.05, 4.69) is 19.2 Å². The molecule has 5 rings (SSSR count). The lowest BCUT2D eigenvalue weighted by Crippen LogP contribution is -2.71. The summed E-state index contributed by atoms with van der Waals surface area (Å²) in [7, 11) is 0. The Morgan fingerprint density at radius 2 is 1.54 bits per heavy atom. The van der Waals surface area contributed by atoms with Gasteiger partial charge in [0, 0.05) is 5.54 Å². The molecule has 1 heterocycles. The van der Waals surface area contributed by atoms with Crippen molar-refractivity contribution in [3.05, 3.63) is 0 Å². The smallest absolute Gasteiger partial charge is 0.138 e. The zero-order valence-electron chi connectivity index (χ0n) is 14.6. The largest absolute Gasteiger partial charge is 0.394 e. The molecule has 4 bridgehead atoms. The summed E-state index contributed by atoms with van der Waals surface area (Å²) in [5.41, 5.74) is 0.571. The van der Waals surface area contributed by atoms with Gasteiger partial charge in [-0.3, -0.25) is 5.32 Å². The molecule has 5 fully saturated rings. The number of aliphatic hydroxyl groups excluding tert-OH is 4. The first-order chi connectivity index (χ1) is 11.2. The summed E-state index contributed by atoms with van der Waals surface area (Å²) in [4.78, 5) is 0. The lowest BCUT2D eigenvalue weighted by atomic mass is 9.42. The normalized spacial score (nSPS) is 59.8. The third-order valence-electron chi connectivity index (χ3n) is 6.97. The van der Waals surface area contributed by atoms with E-state index < -0.39 is 30.6 Å². The summed E-state index contributed by atoms with van der Waals surface area (Å²) in [6.07, 6.45) is 1.59. The van der Waals surface area contributed by atoms with Crippen molar-refractivity contribution in [3.8, 4) is 0 Å². The van der Waals surface area contributed by atoms with E-state index in [1.165, 1.54) is 19.3 Å². The maximum Gasteiger partial charge on any atom is 0.138 e. The molecule has 24 heavy (non-hydrogen) atoms. The molecule has 0 aromatic rings. The molecule has 1 aliphatic heterocycles. The number of hydrogen-bond donors (Lipinski definition) is 5. The molecule has 5 aliphatic rings. The van der Waals surface area contributed by atoms with Crippen molar-refractivity contribution in [1.29, 1.82) is 0 Å². The molecule has 4 aliphatic carbocycles. The molecule has 5 N–H and O–H groups in total. The Morgan fingerprint density at radius 1 is 0.917 bits per heavy atom. The van der Waals surface area contributed by atoms with E-state index in [1.807, 2.05) is 0 Å². The fourth-order valence-corrected chi connectivity index (χ4v) is 7.13. The number of aliphatic hydroxyl groups is 4. The fraction of sp³-hybridized carbons (Fsp3) is 1.00. The third kappa shape index (κ3) is 2.63. The number of hydrogen-bond acceptors (Lipinski definition) is 6. The molecule has 1 saturated heterocycles. The molecule has 0 aromatic carbocycles. The first kappa shape index (κ1) is 17.2. The van der Waals surface area contributed by atoms with Crippen LogP contribution in [0.15, 0.2) is 0 Å². The van der Waals surface area contributed by atoms with Crippen LogP contribution in [0.2, 0.25) is 0 Å². The van der Waals surface area contributed by atoms with E-state index in [4.69, 9.17) is 4.74 Å². The first-order valence-corrected chi connectivity index (χ1v) is 9.25. The van der Waals surface area contributed by atoms with Gasteiger partial charge in [-0.1, -0.05) is 13.8 Å². The van der Waals surface area contributed by atoms with E-state index in [0.29, 0.717) is 16.7 Å². The molecular weight excluding hydrogens is 310 g/mol. The Labute approximate surface area is 143 Å². The molecule has 6 heteroatoms. The lowest BCUT2D eigenvalue weighted by Gasteiger charge is -2.66. The van der Waals surface area contributed by atoms with Gasteiger partial charge in [-0.15, -0.1) is 0 Å². The molecule has 0 aromatic heterocycles. The number of rotatable bonds is 3. The zero-order valence-corrected chi connectivity index (χ0v) is 14.6. The molecule has 0 radical (unpaired) electrons. The molecule has 138 valence electrons. The molecule has 6 nitrogen and oxygen atoms in total. The van der Waals surface area contributed by atoms with Gasteiger partial charge in [0.05, 0.1) is 6.61 Å². The van der Waals surface area contributed by atoms with Gasteiger partial charge < -0.3 is 25.2 Å². The van der Waals surface area contributed by atoms with Crippen molar-refractivity contribution >= 4 is 0 Å². The first-order valence-electron chi connectivity index (χ1n) is 9.25. The Hall–Kier alpha value is -0.240. The van der Waals surface area contributed by atoms with Crippen molar-refractivity contribution in [3.63, 3.8) is 0 Å². The van der Waals surface area contributed by atoms with Crippen LogP contribution in [0.4, 0.5) is 0 Å². The summed E-state index contributed by atoms with van der Waals surface area (Å²) in [5.74, 6) is 0.702. The minimum absolute atomic E-state index is 0.0867. The Morgan fingerprint density at radius 3 is 2.08 bits per heavy atom. The van der Waals surface area contributed by atoms with Crippen LogP contribution < -0.4 is 5.32 Å². The van der Waals surface area contributed by atoms with E-state index in [9.17, 15) is 20.4 Å². The van der Waals surface area contributed by atoms with Crippen LogP contribution in [0.1, 0.15) is 52.4 Å². The van der Waals surface area contributed by atoms with Crippen molar-refractivity contribution in [2.45, 2.75) is 88.6 Å². The third-order valence-corrected chi connectivity index (χ3v) is 6.97. The molecular formula is C18H31NO5. The molecule has 9 atom stereocenters. The van der Waals surface area contributed by atoms with Crippen LogP contribution in [-0.4, -0.2) is 63.2 Å². The molecule has 4 saturated carbocycles. The highest BCUT2D eigenvalue weighted by atomic mass is 16.6. The predicted molar refractivity (Wildman–Crippen MR) is 87.0 cm³/mol. The summed E-state index contributed by atoms with van der Waals surface area (Å²) in [6, 6.07) is 0. The summed E-state index contributed by atoms with van der Waals surface area (Å²) >= 11 is 0. The highest BCUT2D eigenvalue weighted by Gasteiger charge is 2.61. The van der Waals surface area contributed by atoms with Crippen LogP contribution in [0.25, 0.3) is 0 Å². The second-order valence-corrected chi connectivity index (χ2v) is 9.80. The SMILES string of the molecule is C[C@]12CC3CC(N[C@@H]4O[C@H](CO)[C@@H](O)C(O)[C@H]4O)(C1)C[C@@](C)(C3)C2. The van der Waals surface area contributed by atoms with E-state index >= 15 is 0 Å². The van der Waals surface area contributed by atoms with Gasteiger partial charge >= 0.3 is 0 Å². The molecule has 3 unspecified atom stereocenters. The van der Waals surface area contributed by atoms with Crippen molar-refractivity contribution in [2.75, 3.05) is 6.61 Å². The zero-order chi connectivity index (χ0) is 17.3. The Kier molecular flexibility index (Phi) is 3.85. The molecule has 0 spiro atoms.